The number of aromatic amines is 1. The number of hydrogen-bond acceptors (Lipinski definition) is 3. The van der Waals surface area contributed by atoms with Gasteiger partial charge in [-0.3, -0.25) is 4.98 Å². The summed E-state index contributed by atoms with van der Waals surface area (Å²) in [5, 5.41) is 0.227. The molecule has 0 fully saturated rings. The fourth-order valence-electron chi connectivity index (χ4n) is 1.43. The number of nitrogens with one attached hydrogen (secondary N) is 1. The predicted octanol–water partition coefficient (Wildman–Crippen LogP) is 3.48. The van der Waals surface area contributed by atoms with Gasteiger partial charge in [-0.25, -0.2) is 4.98 Å². The monoisotopic (exact) mass is 263 g/mol. The molecule has 0 bridgehead atoms. The van der Waals surface area contributed by atoms with Gasteiger partial charge in [0.2, 0.25) is 0 Å². The molecule has 0 unspecified atom stereocenters. The zero-order chi connectivity index (χ0) is 13.4. The lowest BCUT2D eigenvalue weighted by atomic mass is 10.2. The lowest BCUT2D eigenvalue weighted by molar-refractivity contribution is 0.272. The van der Waals surface area contributed by atoms with Crippen molar-refractivity contribution in [2.24, 2.45) is 0 Å². The number of imidazole rings is 1. The molecule has 0 amide bonds. The van der Waals surface area contributed by atoms with E-state index in [0.717, 1.165) is 16.7 Å². The van der Waals surface area contributed by atoms with E-state index >= 15 is 0 Å². The van der Waals surface area contributed by atoms with Crippen molar-refractivity contribution in [2.45, 2.75) is 45.5 Å². The van der Waals surface area contributed by atoms with Gasteiger partial charge in [-0.2, -0.15) is 0 Å². The van der Waals surface area contributed by atoms with E-state index in [1.54, 1.807) is 12.5 Å². The summed E-state index contributed by atoms with van der Waals surface area (Å²) in [5.41, 5.74) is 2.86. The molecule has 1 N–H and O–H groups in total. The van der Waals surface area contributed by atoms with E-state index < -0.39 is 8.32 Å². The largest absolute Gasteiger partial charge is 0.411 e. The lowest BCUT2D eigenvalue weighted by Crippen LogP contribution is -2.40. The lowest BCUT2D eigenvalue weighted by Gasteiger charge is -2.36. The Labute approximate surface area is 109 Å². The first-order valence-electron chi connectivity index (χ1n) is 6.21. The van der Waals surface area contributed by atoms with Crippen molar-refractivity contribution in [3.8, 4) is 0 Å². The van der Waals surface area contributed by atoms with Crippen molar-refractivity contribution >= 4 is 19.4 Å². The van der Waals surface area contributed by atoms with Gasteiger partial charge in [-0.1, -0.05) is 20.8 Å². The van der Waals surface area contributed by atoms with Crippen LogP contribution in [0.15, 0.2) is 18.6 Å². The number of hydrogen-bond donors (Lipinski definition) is 1. The molecule has 2 rings (SSSR count). The maximum atomic E-state index is 6.15. The SMILES string of the molecule is CC(C)(C)[Si](C)(C)OCc1cc2[nH]cnc2cn1. The van der Waals surface area contributed by atoms with Crippen molar-refractivity contribution in [3.05, 3.63) is 24.3 Å². The Morgan fingerprint density at radius 1 is 1.28 bits per heavy atom. The third-order valence-electron chi connectivity index (χ3n) is 3.75. The Balaban J connectivity index is 2.10. The second kappa shape index (κ2) is 4.48. The van der Waals surface area contributed by atoms with Crippen molar-refractivity contribution in [1.82, 2.24) is 15.0 Å². The summed E-state index contributed by atoms with van der Waals surface area (Å²) in [7, 11) is -1.70. The highest BCUT2D eigenvalue weighted by Crippen LogP contribution is 2.36. The van der Waals surface area contributed by atoms with Crippen LogP contribution in [0.25, 0.3) is 11.0 Å². The van der Waals surface area contributed by atoms with Crippen molar-refractivity contribution in [2.75, 3.05) is 0 Å². The minimum absolute atomic E-state index is 0.227. The van der Waals surface area contributed by atoms with Crippen LogP contribution in [0.3, 0.4) is 0 Å². The Morgan fingerprint density at radius 3 is 2.67 bits per heavy atom. The van der Waals surface area contributed by atoms with Crippen LogP contribution >= 0.6 is 0 Å². The molecule has 18 heavy (non-hydrogen) atoms. The van der Waals surface area contributed by atoms with Crippen LogP contribution in [0.5, 0.6) is 0 Å². The van der Waals surface area contributed by atoms with E-state index in [9.17, 15) is 0 Å². The third-order valence-corrected chi connectivity index (χ3v) is 8.23. The average Bonchev–Trinajstić information content (AvgIpc) is 2.71. The van der Waals surface area contributed by atoms with Crippen LogP contribution in [0.2, 0.25) is 18.1 Å². The number of pyridine rings is 1. The minimum Gasteiger partial charge on any atom is -0.411 e. The van der Waals surface area contributed by atoms with Crippen LogP contribution < -0.4 is 0 Å². The first-order chi connectivity index (χ1) is 8.29. The molecular formula is C13H21N3OSi. The summed E-state index contributed by atoms with van der Waals surface area (Å²) < 4.78 is 6.15. The number of fused-ring (bicyclic) bond motifs is 1. The fraction of sp³-hybridized carbons (Fsp3) is 0.538. The van der Waals surface area contributed by atoms with E-state index in [1.165, 1.54) is 0 Å². The molecule has 0 aliphatic heterocycles. The van der Waals surface area contributed by atoms with Gasteiger partial charge in [0.05, 0.1) is 30.3 Å². The van der Waals surface area contributed by atoms with Gasteiger partial charge in [0.15, 0.2) is 8.32 Å². The third kappa shape index (κ3) is 2.62. The molecule has 0 saturated carbocycles. The summed E-state index contributed by atoms with van der Waals surface area (Å²) in [6.07, 6.45) is 3.47. The van der Waals surface area contributed by atoms with Gasteiger partial charge in [0.25, 0.3) is 0 Å². The molecular weight excluding hydrogens is 242 g/mol. The molecule has 2 aromatic rings. The van der Waals surface area contributed by atoms with Gasteiger partial charge in [0.1, 0.15) is 5.52 Å². The second-order valence-electron chi connectivity index (χ2n) is 6.14. The molecule has 4 nitrogen and oxygen atoms in total. The van der Waals surface area contributed by atoms with Gasteiger partial charge < -0.3 is 9.41 Å². The van der Waals surface area contributed by atoms with Crippen LogP contribution in [0.4, 0.5) is 0 Å². The number of aromatic nitrogens is 3. The molecule has 0 spiro atoms. The van der Waals surface area contributed by atoms with Gasteiger partial charge >= 0.3 is 0 Å². The molecule has 0 aliphatic carbocycles. The number of nitrogens with zero attached hydrogens (tertiary/aromatic N) is 2. The van der Waals surface area contributed by atoms with Gasteiger partial charge in [-0.05, 0) is 24.2 Å². The first kappa shape index (κ1) is 13.2. The zero-order valence-electron chi connectivity index (χ0n) is 11.7. The van der Waals surface area contributed by atoms with E-state index in [4.69, 9.17) is 4.43 Å². The van der Waals surface area contributed by atoms with Crippen molar-refractivity contribution < 1.29 is 4.43 Å². The summed E-state index contributed by atoms with van der Waals surface area (Å²) in [6.45, 7) is 11.8. The van der Waals surface area contributed by atoms with Gasteiger partial charge in [-0.15, -0.1) is 0 Å². The van der Waals surface area contributed by atoms with Crippen molar-refractivity contribution in [1.29, 1.82) is 0 Å². The van der Waals surface area contributed by atoms with Crippen LogP contribution in [0, 0.1) is 0 Å². The summed E-state index contributed by atoms with van der Waals surface area (Å²) >= 11 is 0. The maximum absolute atomic E-state index is 6.15. The number of H-pyrrole nitrogens is 1. The average molecular weight is 263 g/mol. The highest BCUT2D eigenvalue weighted by atomic mass is 28.4. The molecule has 0 radical (unpaired) electrons. The first-order valence-corrected chi connectivity index (χ1v) is 9.12. The smallest absolute Gasteiger partial charge is 0.192 e. The second-order valence-corrected chi connectivity index (χ2v) is 11.0. The van der Waals surface area contributed by atoms with Crippen molar-refractivity contribution in [3.63, 3.8) is 0 Å². The molecule has 2 heterocycles. The van der Waals surface area contributed by atoms with E-state index in [0.29, 0.717) is 6.61 Å². The van der Waals surface area contributed by atoms with Crippen LogP contribution in [0.1, 0.15) is 26.5 Å². The summed E-state index contributed by atoms with van der Waals surface area (Å²) in [6, 6.07) is 2.01. The molecule has 5 heteroatoms. The van der Waals surface area contributed by atoms with Gasteiger partial charge in [0, 0.05) is 0 Å². The Kier molecular flexibility index (Phi) is 3.29. The Morgan fingerprint density at radius 2 is 2.00 bits per heavy atom. The fourth-order valence-corrected chi connectivity index (χ4v) is 2.37. The highest BCUT2D eigenvalue weighted by molar-refractivity contribution is 6.74. The molecule has 98 valence electrons. The highest BCUT2D eigenvalue weighted by Gasteiger charge is 2.37. The standard InChI is InChI=1S/C13H21N3OSi/c1-13(2,3)18(4,5)17-8-10-6-11-12(7-14-10)16-9-15-11/h6-7,9H,8H2,1-5H3,(H,15,16). The molecule has 0 saturated heterocycles. The van der Waals surface area contributed by atoms with Crippen LogP contribution in [-0.2, 0) is 11.0 Å². The normalized spacial score (nSPS) is 13.2. The minimum atomic E-state index is -1.70. The summed E-state index contributed by atoms with van der Waals surface area (Å²) in [4.78, 5) is 11.6. The predicted molar refractivity (Wildman–Crippen MR) is 75.9 cm³/mol. The molecule has 2 aromatic heterocycles. The Bertz CT molecular complexity index is 542. The van der Waals surface area contributed by atoms with E-state index in [1.807, 2.05) is 6.07 Å². The molecule has 0 aliphatic rings. The Hall–Kier alpha value is -1.20. The molecule has 0 atom stereocenters. The van der Waals surface area contributed by atoms with E-state index in [-0.39, 0.29) is 5.04 Å². The van der Waals surface area contributed by atoms with E-state index in [2.05, 4.69) is 48.8 Å². The van der Waals surface area contributed by atoms with Crippen LogP contribution in [-0.4, -0.2) is 23.3 Å². The summed E-state index contributed by atoms with van der Waals surface area (Å²) in [5.74, 6) is 0. The topological polar surface area (TPSA) is 50.8 Å². The maximum Gasteiger partial charge on any atom is 0.192 e. The number of rotatable bonds is 3. The zero-order valence-corrected chi connectivity index (χ0v) is 12.7. The quantitative estimate of drug-likeness (QED) is 0.863. The molecule has 0 aromatic carbocycles.